The van der Waals surface area contributed by atoms with Crippen molar-refractivity contribution in [3.63, 3.8) is 0 Å². The van der Waals surface area contributed by atoms with E-state index in [-0.39, 0.29) is 11.3 Å². The molecule has 0 saturated heterocycles. The molecule has 15 heavy (non-hydrogen) atoms. The first-order valence-electron chi connectivity index (χ1n) is 4.14. The zero-order valence-electron chi connectivity index (χ0n) is 8.20. The largest absolute Gasteiger partial charge is 0.495 e. The average Bonchev–Trinajstić information content (AvgIpc) is 2.61. The van der Waals surface area contributed by atoms with Crippen molar-refractivity contribution in [2.45, 2.75) is 0 Å². The molecule has 4 nitrogen and oxygen atoms in total. The first-order chi connectivity index (χ1) is 7.17. The molecule has 6 heteroatoms. The van der Waals surface area contributed by atoms with Gasteiger partial charge in [-0.25, -0.2) is 9.37 Å². The molecule has 0 bridgehead atoms. The van der Waals surface area contributed by atoms with Crippen LogP contribution in [0.2, 0.25) is 0 Å². The number of rotatable bonds is 2. The first kappa shape index (κ1) is 9.97. The van der Waals surface area contributed by atoms with Gasteiger partial charge in [-0.2, -0.15) is 0 Å². The Labute approximate surface area is 89.4 Å². The predicted molar refractivity (Wildman–Crippen MR) is 57.1 cm³/mol. The number of thiazole rings is 1. The summed E-state index contributed by atoms with van der Waals surface area (Å²) in [6.07, 6.45) is 0. The highest BCUT2D eigenvalue weighted by molar-refractivity contribution is 7.22. The van der Waals surface area contributed by atoms with Gasteiger partial charge < -0.3 is 15.2 Å². The van der Waals surface area contributed by atoms with Crippen molar-refractivity contribution in [2.24, 2.45) is 0 Å². The Balaban J connectivity index is 2.83. The van der Waals surface area contributed by atoms with Gasteiger partial charge in [0.05, 0.1) is 14.2 Å². The number of ether oxygens (including phenoxy) is 2. The van der Waals surface area contributed by atoms with E-state index in [1.807, 2.05) is 0 Å². The minimum Gasteiger partial charge on any atom is -0.495 e. The lowest BCUT2D eigenvalue weighted by Gasteiger charge is -2.05. The second-order valence-corrected chi connectivity index (χ2v) is 3.86. The third-order valence-corrected chi connectivity index (χ3v) is 2.89. The topological polar surface area (TPSA) is 57.4 Å². The highest BCUT2D eigenvalue weighted by Crippen LogP contribution is 2.38. The maximum Gasteiger partial charge on any atom is 0.192 e. The number of nitrogens with two attached hydrogens (primary N) is 1. The number of nitrogen functional groups attached to an aromatic ring is 1. The predicted octanol–water partition coefficient (Wildman–Crippen LogP) is 2.03. The standard InChI is InChI=1S/C9H9FN2O2S/c1-13-4-3-5(14-2)8-7(6(4)10)12-9(11)15-8/h3H,1-2H3,(H2,11,12). The fraction of sp³-hybridized carbons (Fsp3) is 0.222. The summed E-state index contributed by atoms with van der Waals surface area (Å²) < 4.78 is 24.3. The second kappa shape index (κ2) is 3.54. The van der Waals surface area contributed by atoms with E-state index in [4.69, 9.17) is 15.2 Å². The summed E-state index contributed by atoms with van der Waals surface area (Å²) in [5.74, 6) is 0.100. The zero-order chi connectivity index (χ0) is 11.0. The number of fused-ring (bicyclic) bond motifs is 1. The molecule has 0 aliphatic carbocycles. The van der Waals surface area contributed by atoms with Gasteiger partial charge in [-0.3, -0.25) is 0 Å². The molecule has 0 aliphatic rings. The smallest absolute Gasteiger partial charge is 0.192 e. The molecule has 2 rings (SSSR count). The molecule has 0 saturated carbocycles. The third-order valence-electron chi connectivity index (χ3n) is 1.99. The lowest BCUT2D eigenvalue weighted by atomic mass is 10.3. The fourth-order valence-corrected chi connectivity index (χ4v) is 2.14. The van der Waals surface area contributed by atoms with E-state index >= 15 is 0 Å². The first-order valence-corrected chi connectivity index (χ1v) is 4.95. The molecule has 0 unspecified atom stereocenters. The second-order valence-electron chi connectivity index (χ2n) is 2.82. The Morgan fingerprint density at radius 3 is 2.60 bits per heavy atom. The van der Waals surface area contributed by atoms with Gasteiger partial charge in [0.2, 0.25) is 0 Å². The molecule has 80 valence electrons. The quantitative estimate of drug-likeness (QED) is 0.854. The van der Waals surface area contributed by atoms with Crippen molar-refractivity contribution in [2.75, 3.05) is 20.0 Å². The van der Waals surface area contributed by atoms with Gasteiger partial charge >= 0.3 is 0 Å². The zero-order valence-corrected chi connectivity index (χ0v) is 9.02. The van der Waals surface area contributed by atoms with Crippen LogP contribution in [-0.4, -0.2) is 19.2 Å². The van der Waals surface area contributed by atoms with Gasteiger partial charge in [0.1, 0.15) is 16.0 Å². The van der Waals surface area contributed by atoms with Gasteiger partial charge in [0, 0.05) is 6.07 Å². The lowest BCUT2D eigenvalue weighted by molar-refractivity contribution is 0.378. The minimum absolute atomic E-state index is 0.102. The number of halogens is 1. The Hall–Kier alpha value is -1.56. The molecule has 0 aliphatic heterocycles. The van der Waals surface area contributed by atoms with Crippen molar-refractivity contribution in [1.82, 2.24) is 4.98 Å². The Bertz CT molecular complexity index is 512. The maximum atomic E-state index is 13.7. The molecule has 0 atom stereocenters. The molecule has 1 heterocycles. The minimum atomic E-state index is -0.513. The summed E-state index contributed by atoms with van der Waals surface area (Å²) in [5.41, 5.74) is 5.71. The van der Waals surface area contributed by atoms with Gasteiger partial charge in [-0.15, -0.1) is 0 Å². The average molecular weight is 228 g/mol. The molecule has 0 spiro atoms. The van der Waals surface area contributed by atoms with Gasteiger partial charge in [0.25, 0.3) is 0 Å². The Morgan fingerprint density at radius 1 is 1.33 bits per heavy atom. The van der Waals surface area contributed by atoms with Crippen molar-refractivity contribution >= 4 is 26.7 Å². The van der Waals surface area contributed by atoms with Gasteiger partial charge in [-0.05, 0) is 0 Å². The summed E-state index contributed by atoms with van der Waals surface area (Å²) in [5, 5.41) is 0.301. The van der Waals surface area contributed by atoms with Crippen LogP contribution in [0.25, 0.3) is 10.2 Å². The molecular weight excluding hydrogens is 219 g/mol. The van der Waals surface area contributed by atoms with Gasteiger partial charge in [-0.1, -0.05) is 11.3 Å². The van der Waals surface area contributed by atoms with Crippen LogP contribution in [0.3, 0.4) is 0 Å². The third kappa shape index (κ3) is 1.46. The van der Waals surface area contributed by atoms with E-state index in [1.54, 1.807) is 0 Å². The van der Waals surface area contributed by atoms with Crippen LogP contribution in [-0.2, 0) is 0 Å². The Morgan fingerprint density at radius 2 is 2.00 bits per heavy atom. The number of benzene rings is 1. The monoisotopic (exact) mass is 228 g/mol. The number of hydrogen-bond acceptors (Lipinski definition) is 5. The van der Waals surface area contributed by atoms with Crippen LogP contribution in [0, 0.1) is 5.82 Å². The highest BCUT2D eigenvalue weighted by atomic mass is 32.1. The van der Waals surface area contributed by atoms with Crippen LogP contribution in [0.4, 0.5) is 9.52 Å². The highest BCUT2D eigenvalue weighted by Gasteiger charge is 2.17. The fourth-order valence-electron chi connectivity index (χ4n) is 1.32. The molecule has 0 fully saturated rings. The number of aromatic nitrogens is 1. The summed E-state index contributed by atoms with van der Waals surface area (Å²) in [6.45, 7) is 0. The van der Waals surface area contributed by atoms with Crippen LogP contribution < -0.4 is 15.2 Å². The van der Waals surface area contributed by atoms with E-state index in [2.05, 4.69) is 4.98 Å². The van der Waals surface area contributed by atoms with E-state index in [1.165, 1.54) is 31.6 Å². The van der Waals surface area contributed by atoms with Crippen molar-refractivity contribution in [3.05, 3.63) is 11.9 Å². The Kier molecular flexibility index (Phi) is 2.36. The van der Waals surface area contributed by atoms with Crippen molar-refractivity contribution < 1.29 is 13.9 Å². The maximum absolute atomic E-state index is 13.7. The van der Waals surface area contributed by atoms with E-state index in [0.29, 0.717) is 15.6 Å². The molecule has 0 radical (unpaired) electrons. The van der Waals surface area contributed by atoms with Crippen LogP contribution in [0.15, 0.2) is 6.07 Å². The molecule has 2 aromatic rings. The summed E-state index contributed by atoms with van der Waals surface area (Å²) in [6, 6.07) is 1.48. The van der Waals surface area contributed by atoms with E-state index in [0.717, 1.165) is 0 Å². The number of methoxy groups -OCH3 is 2. The van der Waals surface area contributed by atoms with E-state index < -0.39 is 5.82 Å². The number of anilines is 1. The van der Waals surface area contributed by atoms with E-state index in [9.17, 15) is 4.39 Å². The summed E-state index contributed by atoms with van der Waals surface area (Å²) in [4.78, 5) is 3.89. The number of hydrogen-bond donors (Lipinski definition) is 1. The van der Waals surface area contributed by atoms with Crippen LogP contribution in [0.1, 0.15) is 0 Å². The summed E-state index contributed by atoms with van der Waals surface area (Å²) in [7, 11) is 2.89. The molecule has 2 N–H and O–H groups in total. The van der Waals surface area contributed by atoms with Crippen LogP contribution in [0.5, 0.6) is 11.5 Å². The van der Waals surface area contributed by atoms with Crippen molar-refractivity contribution in [1.29, 1.82) is 0 Å². The lowest BCUT2D eigenvalue weighted by Crippen LogP contribution is -1.92. The normalized spacial score (nSPS) is 10.6. The molecule has 1 aromatic heterocycles. The molecule has 1 aromatic carbocycles. The summed E-state index contributed by atoms with van der Waals surface area (Å²) >= 11 is 1.18. The van der Waals surface area contributed by atoms with Gasteiger partial charge in [0.15, 0.2) is 16.7 Å². The van der Waals surface area contributed by atoms with Crippen molar-refractivity contribution in [3.8, 4) is 11.5 Å². The molecular formula is C9H9FN2O2S. The number of nitrogens with zero attached hydrogens (tertiary/aromatic N) is 1. The van der Waals surface area contributed by atoms with Crippen LogP contribution >= 0.6 is 11.3 Å². The molecule has 0 amide bonds. The SMILES string of the molecule is COc1cc(OC)c2sc(N)nc2c1F.